The summed E-state index contributed by atoms with van der Waals surface area (Å²) in [5.74, 6) is 0.459. The Morgan fingerprint density at radius 1 is 0.829 bits per heavy atom. The molecule has 0 saturated carbocycles. The lowest BCUT2D eigenvalue weighted by Gasteiger charge is -2.17. The largest absolute Gasteiger partial charge is 0.481 e. The topological polar surface area (TPSA) is 106 Å². The predicted octanol–water partition coefficient (Wildman–Crippen LogP) is 4.56. The molecule has 0 spiro atoms. The van der Waals surface area contributed by atoms with E-state index in [-0.39, 0.29) is 0 Å². The molecule has 0 bridgehead atoms. The fourth-order valence-electron chi connectivity index (χ4n) is 3.30. The van der Waals surface area contributed by atoms with Crippen molar-refractivity contribution < 1.29 is 18.7 Å². The zero-order chi connectivity index (χ0) is 24.9. The monoisotopic (exact) mass is 470 g/mol. The predicted molar refractivity (Wildman–Crippen MR) is 132 cm³/mol. The van der Waals surface area contributed by atoms with Crippen LogP contribution < -0.4 is 15.6 Å². The van der Waals surface area contributed by atoms with Gasteiger partial charge in [0.25, 0.3) is 11.8 Å². The molecular formula is C27H26N4O4. The molecule has 2 N–H and O–H groups in total. The van der Waals surface area contributed by atoms with E-state index >= 15 is 0 Å². The second-order valence-corrected chi connectivity index (χ2v) is 8.26. The van der Waals surface area contributed by atoms with Gasteiger partial charge in [-0.05, 0) is 81.3 Å². The van der Waals surface area contributed by atoms with Crippen LogP contribution in [0.5, 0.6) is 5.75 Å². The highest BCUT2D eigenvalue weighted by molar-refractivity contribution is 5.96. The molecule has 0 fully saturated rings. The third-order valence-corrected chi connectivity index (χ3v) is 5.64. The van der Waals surface area contributed by atoms with Gasteiger partial charge in [-0.3, -0.25) is 20.4 Å². The first-order chi connectivity index (χ1) is 16.8. The Labute approximate surface area is 203 Å². The molecule has 1 heterocycles. The Morgan fingerprint density at radius 3 is 2.06 bits per heavy atom. The van der Waals surface area contributed by atoms with E-state index in [2.05, 4.69) is 21.0 Å². The average Bonchev–Trinajstić information content (AvgIpc) is 3.36. The molecule has 0 radical (unpaired) electrons. The van der Waals surface area contributed by atoms with Crippen LogP contribution in [-0.2, 0) is 4.79 Å². The number of carbonyl (C=O) groups excluding carboxylic acids is 2. The number of hydrazine groups is 1. The van der Waals surface area contributed by atoms with Crippen molar-refractivity contribution in [2.24, 2.45) is 0 Å². The van der Waals surface area contributed by atoms with Gasteiger partial charge in [-0.1, -0.05) is 29.8 Å². The maximum absolute atomic E-state index is 12.5. The van der Waals surface area contributed by atoms with Gasteiger partial charge < -0.3 is 9.15 Å². The van der Waals surface area contributed by atoms with Crippen LogP contribution in [0.25, 0.3) is 22.9 Å². The third-order valence-electron chi connectivity index (χ3n) is 5.64. The molecule has 1 aromatic heterocycles. The lowest BCUT2D eigenvalue weighted by Crippen LogP contribution is -2.47. The highest BCUT2D eigenvalue weighted by atomic mass is 16.5. The highest BCUT2D eigenvalue weighted by Crippen LogP contribution is 2.24. The molecule has 4 rings (SSSR count). The fraction of sp³-hybridized carbons (Fsp3) is 0.185. The van der Waals surface area contributed by atoms with E-state index in [4.69, 9.17) is 9.15 Å². The highest BCUT2D eigenvalue weighted by Gasteiger charge is 2.17. The standard InChI is InChI=1S/C27H26N4O4/c1-16-8-10-21(11-9-16)26-30-31-27(35-26)22-14-12-20(13-15-22)25(33)29-28-24(32)19(4)34-23-7-5-6-17(2)18(23)3/h5-15,19H,1-4H3,(H,28,32)(H,29,33). The number of hydrogen-bond acceptors (Lipinski definition) is 6. The van der Waals surface area contributed by atoms with Gasteiger partial charge >= 0.3 is 0 Å². The second kappa shape index (κ2) is 10.2. The molecule has 0 aliphatic carbocycles. The Balaban J connectivity index is 1.34. The van der Waals surface area contributed by atoms with Crippen LogP contribution in [0.15, 0.2) is 71.1 Å². The summed E-state index contributed by atoms with van der Waals surface area (Å²) in [6, 6.07) is 20.1. The number of amides is 2. The summed E-state index contributed by atoms with van der Waals surface area (Å²) in [4.78, 5) is 24.9. The number of nitrogens with zero attached hydrogens (tertiary/aromatic N) is 2. The van der Waals surface area contributed by atoms with Crippen molar-refractivity contribution in [1.82, 2.24) is 21.0 Å². The van der Waals surface area contributed by atoms with E-state index < -0.39 is 17.9 Å². The quantitative estimate of drug-likeness (QED) is 0.400. The van der Waals surface area contributed by atoms with Gasteiger partial charge in [0.15, 0.2) is 6.10 Å². The average molecular weight is 471 g/mol. The van der Waals surface area contributed by atoms with Gasteiger partial charge in [-0.25, -0.2) is 0 Å². The maximum atomic E-state index is 12.5. The minimum atomic E-state index is -0.793. The second-order valence-electron chi connectivity index (χ2n) is 8.26. The van der Waals surface area contributed by atoms with E-state index in [1.165, 1.54) is 0 Å². The van der Waals surface area contributed by atoms with E-state index in [0.717, 1.165) is 22.3 Å². The normalized spacial score (nSPS) is 11.5. The first kappa shape index (κ1) is 23.7. The number of ether oxygens (including phenoxy) is 1. The number of hydrogen-bond donors (Lipinski definition) is 2. The van der Waals surface area contributed by atoms with Crippen molar-refractivity contribution in [2.75, 3.05) is 0 Å². The summed E-state index contributed by atoms with van der Waals surface area (Å²) in [5.41, 5.74) is 9.84. The maximum Gasteiger partial charge on any atom is 0.279 e. The zero-order valence-electron chi connectivity index (χ0n) is 20.0. The molecule has 178 valence electrons. The SMILES string of the molecule is Cc1ccc(-c2nnc(-c3ccc(C(=O)NNC(=O)C(C)Oc4cccc(C)c4C)cc3)o2)cc1. The van der Waals surface area contributed by atoms with Crippen LogP contribution in [0.4, 0.5) is 0 Å². The Bertz CT molecular complexity index is 1340. The molecule has 4 aromatic rings. The first-order valence-electron chi connectivity index (χ1n) is 11.2. The molecule has 35 heavy (non-hydrogen) atoms. The lowest BCUT2D eigenvalue weighted by molar-refractivity contribution is -0.128. The van der Waals surface area contributed by atoms with Gasteiger partial charge in [0.05, 0.1) is 0 Å². The van der Waals surface area contributed by atoms with Crippen molar-refractivity contribution in [1.29, 1.82) is 0 Å². The van der Waals surface area contributed by atoms with E-state index in [9.17, 15) is 9.59 Å². The molecular weight excluding hydrogens is 444 g/mol. The number of nitrogens with one attached hydrogen (secondary N) is 2. The van der Waals surface area contributed by atoms with Crippen LogP contribution >= 0.6 is 0 Å². The number of carbonyl (C=O) groups is 2. The molecule has 0 aliphatic heterocycles. The smallest absolute Gasteiger partial charge is 0.279 e. The first-order valence-corrected chi connectivity index (χ1v) is 11.2. The fourth-order valence-corrected chi connectivity index (χ4v) is 3.30. The van der Waals surface area contributed by atoms with Crippen molar-refractivity contribution in [3.05, 3.63) is 89.0 Å². The summed E-state index contributed by atoms with van der Waals surface area (Å²) in [6.45, 7) is 7.53. The van der Waals surface area contributed by atoms with Crippen LogP contribution in [0.3, 0.4) is 0 Å². The van der Waals surface area contributed by atoms with Gasteiger partial charge in [-0.15, -0.1) is 10.2 Å². The van der Waals surface area contributed by atoms with Crippen LogP contribution in [0.2, 0.25) is 0 Å². The molecule has 3 aromatic carbocycles. The van der Waals surface area contributed by atoms with Crippen molar-refractivity contribution in [3.63, 3.8) is 0 Å². The van der Waals surface area contributed by atoms with E-state index in [1.54, 1.807) is 37.3 Å². The van der Waals surface area contributed by atoms with Gasteiger partial charge in [-0.2, -0.15) is 0 Å². The van der Waals surface area contributed by atoms with Crippen molar-refractivity contribution in [2.45, 2.75) is 33.8 Å². The third kappa shape index (κ3) is 5.55. The Kier molecular flexibility index (Phi) is 6.91. The van der Waals surface area contributed by atoms with Gasteiger partial charge in [0, 0.05) is 16.7 Å². The summed E-state index contributed by atoms with van der Waals surface area (Å²) < 4.78 is 11.5. The summed E-state index contributed by atoms with van der Waals surface area (Å²) >= 11 is 0. The zero-order valence-corrected chi connectivity index (χ0v) is 20.0. The van der Waals surface area contributed by atoms with E-state index in [0.29, 0.717) is 28.7 Å². The Hall–Kier alpha value is -4.46. The summed E-state index contributed by atoms with van der Waals surface area (Å²) in [6.07, 6.45) is -0.793. The molecule has 2 amide bonds. The molecule has 0 saturated heterocycles. The lowest BCUT2D eigenvalue weighted by atomic mass is 10.1. The van der Waals surface area contributed by atoms with Gasteiger partial charge in [0.2, 0.25) is 11.8 Å². The van der Waals surface area contributed by atoms with E-state index in [1.807, 2.05) is 57.2 Å². The minimum absolute atomic E-state index is 0.346. The number of aromatic nitrogens is 2. The number of rotatable bonds is 6. The van der Waals surface area contributed by atoms with Gasteiger partial charge in [0.1, 0.15) is 5.75 Å². The molecule has 1 unspecified atom stereocenters. The summed E-state index contributed by atoms with van der Waals surface area (Å²) in [5, 5.41) is 8.20. The Morgan fingerprint density at radius 2 is 1.43 bits per heavy atom. The minimum Gasteiger partial charge on any atom is -0.481 e. The van der Waals surface area contributed by atoms with Crippen molar-refractivity contribution in [3.8, 4) is 28.7 Å². The number of benzene rings is 3. The van der Waals surface area contributed by atoms with Crippen LogP contribution in [-0.4, -0.2) is 28.1 Å². The summed E-state index contributed by atoms with van der Waals surface area (Å²) in [7, 11) is 0. The molecule has 8 nitrogen and oxygen atoms in total. The molecule has 8 heteroatoms. The van der Waals surface area contributed by atoms with Crippen molar-refractivity contribution >= 4 is 11.8 Å². The molecule has 0 aliphatic rings. The number of aryl methyl sites for hydroxylation is 2. The van der Waals surface area contributed by atoms with Crippen LogP contribution in [0, 0.1) is 20.8 Å². The molecule has 1 atom stereocenters. The van der Waals surface area contributed by atoms with Crippen LogP contribution in [0.1, 0.15) is 34.0 Å².